The molecule has 2 N–H and O–H groups in total. The van der Waals surface area contributed by atoms with Gasteiger partial charge in [-0.05, 0) is 18.4 Å². The monoisotopic (exact) mass is 266 g/mol. The van der Waals surface area contributed by atoms with Crippen molar-refractivity contribution >= 4 is 15.7 Å². The smallest absolute Gasteiger partial charge is 0.283 e. The normalized spacial score (nSPS) is 18.6. The topological polar surface area (TPSA) is 72.5 Å². The lowest BCUT2D eigenvalue weighted by molar-refractivity contribution is 0.505. The molecule has 0 amide bonds. The first-order chi connectivity index (χ1) is 8.40. The maximum absolute atomic E-state index is 11.8. The molecule has 4 nitrogen and oxygen atoms in total. The zero-order valence-corrected chi connectivity index (χ0v) is 11.4. The summed E-state index contributed by atoms with van der Waals surface area (Å²) in [7, 11) is -3.50. The van der Waals surface area contributed by atoms with Gasteiger partial charge in [0.2, 0.25) is 0 Å². The minimum absolute atomic E-state index is 0.0508. The maximum Gasteiger partial charge on any atom is 0.283 e. The molecule has 5 heteroatoms. The highest BCUT2D eigenvalue weighted by atomic mass is 32.2. The predicted molar refractivity (Wildman–Crippen MR) is 72.2 cm³/mol. The Labute approximate surface area is 108 Å². The summed E-state index contributed by atoms with van der Waals surface area (Å²) in [6.45, 7) is 4.20. The Morgan fingerprint density at radius 3 is 2.61 bits per heavy atom. The second-order valence-corrected chi connectivity index (χ2v) is 6.68. The molecular formula is C13H18N2O2S. The Balaban J connectivity index is 2.26. The SMILES string of the molecule is CC(C)CC(N)CC1=NS(=O)(=O)c2ccccc21. The lowest BCUT2D eigenvalue weighted by Gasteiger charge is -2.13. The van der Waals surface area contributed by atoms with Gasteiger partial charge >= 0.3 is 0 Å². The van der Waals surface area contributed by atoms with Gasteiger partial charge in [0.25, 0.3) is 10.0 Å². The first-order valence-corrected chi connectivity index (χ1v) is 7.53. The standard InChI is InChI=1S/C13H18N2O2S/c1-9(2)7-10(14)8-12-11-5-3-4-6-13(11)18(16,17)15-12/h3-6,9-10H,7-8,14H2,1-2H3. The summed E-state index contributed by atoms with van der Waals surface area (Å²) in [6, 6.07) is 6.87. The van der Waals surface area contributed by atoms with Gasteiger partial charge in [0.05, 0.1) is 10.6 Å². The van der Waals surface area contributed by atoms with Gasteiger partial charge in [0.1, 0.15) is 0 Å². The number of sulfonamides is 1. The van der Waals surface area contributed by atoms with Crippen molar-refractivity contribution in [3.05, 3.63) is 29.8 Å². The largest absolute Gasteiger partial charge is 0.327 e. The molecule has 0 aliphatic carbocycles. The van der Waals surface area contributed by atoms with E-state index in [0.29, 0.717) is 28.5 Å². The van der Waals surface area contributed by atoms with Gasteiger partial charge in [-0.3, -0.25) is 0 Å². The summed E-state index contributed by atoms with van der Waals surface area (Å²) in [4.78, 5) is 0.303. The first-order valence-electron chi connectivity index (χ1n) is 6.09. The summed E-state index contributed by atoms with van der Waals surface area (Å²) in [5.74, 6) is 0.494. The van der Waals surface area contributed by atoms with E-state index in [0.717, 1.165) is 6.42 Å². The number of fused-ring (bicyclic) bond motifs is 1. The molecule has 1 aromatic rings. The van der Waals surface area contributed by atoms with Gasteiger partial charge in [-0.25, -0.2) is 0 Å². The lowest BCUT2D eigenvalue weighted by atomic mass is 9.97. The van der Waals surface area contributed by atoms with Crippen molar-refractivity contribution in [3.63, 3.8) is 0 Å². The van der Waals surface area contributed by atoms with Crippen LogP contribution in [-0.2, 0) is 10.0 Å². The van der Waals surface area contributed by atoms with Crippen LogP contribution in [0, 0.1) is 5.92 Å². The molecule has 1 aromatic carbocycles. The summed E-state index contributed by atoms with van der Waals surface area (Å²) in [6.07, 6.45) is 1.37. The summed E-state index contributed by atoms with van der Waals surface area (Å²) >= 11 is 0. The second-order valence-electron chi connectivity index (χ2n) is 5.10. The Bertz CT molecular complexity index is 576. The van der Waals surface area contributed by atoms with Crippen LogP contribution in [0.2, 0.25) is 0 Å². The van der Waals surface area contributed by atoms with Gasteiger partial charge in [0.15, 0.2) is 0 Å². The summed E-state index contributed by atoms with van der Waals surface area (Å²) in [5, 5.41) is 0. The van der Waals surface area contributed by atoms with E-state index in [9.17, 15) is 8.42 Å². The number of hydrogen-bond donors (Lipinski definition) is 1. The molecular weight excluding hydrogens is 248 g/mol. The minimum Gasteiger partial charge on any atom is -0.327 e. The van der Waals surface area contributed by atoms with Gasteiger partial charge in [-0.2, -0.15) is 12.8 Å². The molecule has 2 rings (SSSR count). The highest BCUT2D eigenvalue weighted by Gasteiger charge is 2.28. The van der Waals surface area contributed by atoms with E-state index in [1.54, 1.807) is 18.2 Å². The Kier molecular flexibility index (Phi) is 3.54. The van der Waals surface area contributed by atoms with Crippen molar-refractivity contribution in [1.82, 2.24) is 0 Å². The molecule has 1 atom stereocenters. The minimum atomic E-state index is -3.50. The second kappa shape index (κ2) is 4.82. The van der Waals surface area contributed by atoms with E-state index >= 15 is 0 Å². The van der Waals surface area contributed by atoms with Crippen LogP contribution >= 0.6 is 0 Å². The molecule has 1 aliphatic heterocycles. The molecule has 1 heterocycles. The molecule has 1 aliphatic rings. The number of nitrogens with zero attached hydrogens (tertiary/aromatic N) is 1. The number of nitrogens with two attached hydrogens (primary N) is 1. The third-order valence-electron chi connectivity index (χ3n) is 2.94. The van der Waals surface area contributed by atoms with Crippen molar-refractivity contribution < 1.29 is 8.42 Å². The lowest BCUT2D eigenvalue weighted by Crippen LogP contribution is -2.25. The van der Waals surface area contributed by atoms with E-state index in [4.69, 9.17) is 5.73 Å². The molecule has 0 radical (unpaired) electrons. The zero-order chi connectivity index (χ0) is 13.3. The highest BCUT2D eigenvalue weighted by molar-refractivity contribution is 7.90. The fraction of sp³-hybridized carbons (Fsp3) is 0.462. The predicted octanol–water partition coefficient (Wildman–Crippen LogP) is 1.94. The number of rotatable bonds is 4. The van der Waals surface area contributed by atoms with Crippen LogP contribution in [0.25, 0.3) is 0 Å². The molecule has 0 fully saturated rings. The van der Waals surface area contributed by atoms with Crippen molar-refractivity contribution in [2.24, 2.45) is 16.0 Å². The van der Waals surface area contributed by atoms with E-state index in [-0.39, 0.29) is 6.04 Å². The Morgan fingerprint density at radius 1 is 1.28 bits per heavy atom. The molecule has 0 bridgehead atoms. The van der Waals surface area contributed by atoms with Crippen LogP contribution in [0.4, 0.5) is 0 Å². The van der Waals surface area contributed by atoms with Gasteiger partial charge in [-0.1, -0.05) is 32.0 Å². The Morgan fingerprint density at radius 2 is 1.94 bits per heavy atom. The fourth-order valence-electron chi connectivity index (χ4n) is 2.26. The van der Waals surface area contributed by atoms with E-state index in [1.807, 2.05) is 6.07 Å². The molecule has 0 aromatic heterocycles. The van der Waals surface area contributed by atoms with E-state index < -0.39 is 10.0 Å². The quantitative estimate of drug-likeness (QED) is 0.905. The van der Waals surface area contributed by atoms with Crippen LogP contribution in [0.5, 0.6) is 0 Å². The maximum atomic E-state index is 11.8. The molecule has 18 heavy (non-hydrogen) atoms. The third kappa shape index (κ3) is 2.62. The van der Waals surface area contributed by atoms with Crippen molar-refractivity contribution in [3.8, 4) is 0 Å². The van der Waals surface area contributed by atoms with Gasteiger partial charge in [-0.15, -0.1) is 0 Å². The van der Waals surface area contributed by atoms with Crippen molar-refractivity contribution in [2.45, 2.75) is 37.6 Å². The number of hydrogen-bond acceptors (Lipinski definition) is 3. The Hall–Kier alpha value is -1.20. The summed E-state index contributed by atoms with van der Waals surface area (Å²) in [5.41, 5.74) is 7.33. The van der Waals surface area contributed by atoms with E-state index in [1.165, 1.54) is 0 Å². The highest BCUT2D eigenvalue weighted by Crippen LogP contribution is 2.27. The molecule has 0 saturated heterocycles. The molecule has 1 unspecified atom stereocenters. The average molecular weight is 266 g/mol. The van der Waals surface area contributed by atoms with Crippen LogP contribution in [0.3, 0.4) is 0 Å². The summed E-state index contributed by atoms with van der Waals surface area (Å²) < 4.78 is 27.5. The van der Waals surface area contributed by atoms with E-state index in [2.05, 4.69) is 18.2 Å². The zero-order valence-electron chi connectivity index (χ0n) is 10.6. The molecule has 98 valence electrons. The third-order valence-corrected chi connectivity index (χ3v) is 4.31. The van der Waals surface area contributed by atoms with Gasteiger partial charge in [0, 0.05) is 18.0 Å². The first kappa shape index (κ1) is 13.2. The average Bonchev–Trinajstić information content (AvgIpc) is 2.50. The van der Waals surface area contributed by atoms with Crippen molar-refractivity contribution in [1.29, 1.82) is 0 Å². The van der Waals surface area contributed by atoms with Crippen LogP contribution < -0.4 is 5.73 Å². The number of benzene rings is 1. The van der Waals surface area contributed by atoms with Crippen LogP contribution in [0.15, 0.2) is 33.6 Å². The van der Waals surface area contributed by atoms with Crippen molar-refractivity contribution in [2.75, 3.05) is 0 Å². The van der Waals surface area contributed by atoms with Gasteiger partial charge < -0.3 is 5.73 Å². The molecule has 0 saturated carbocycles. The molecule has 0 spiro atoms. The fourth-order valence-corrected chi connectivity index (χ4v) is 3.53. The van der Waals surface area contributed by atoms with Crippen LogP contribution in [-0.4, -0.2) is 20.2 Å². The van der Waals surface area contributed by atoms with Crippen LogP contribution in [0.1, 0.15) is 32.3 Å².